The van der Waals surface area contributed by atoms with Gasteiger partial charge in [0.2, 0.25) is 5.91 Å². The van der Waals surface area contributed by atoms with Crippen LogP contribution in [0.3, 0.4) is 0 Å². The predicted octanol–water partition coefficient (Wildman–Crippen LogP) is 1.41. The molecule has 5 heteroatoms. The third-order valence-corrected chi connectivity index (χ3v) is 3.40. The van der Waals surface area contributed by atoms with Gasteiger partial charge in [-0.15, -0.1) is 0 Å². The van der Waals surface area contributed by atoms with Crippen LogP contribution in [0.15, 0.2) is 0 Å². The molecule has 16 heavy (non-hydrogen) atoms. The zero-order chi connectivity index (χ0) is 12.0. The maximum atomic E-state index is 12.0. The van der Waals surface area contributed by atoms with Crippen LogP contribution in [0.4, 0.5) is 0 Å². The predicted molar refractivity (Wildman–Crippen MR) is 64.6 cm³/mol. The molecule has 0 saturated carbocycles. The molecule has 0 radical (unpaired) electrons. The number of carboxylic acids is 1. The average molecular weight is 245 g/mol. The van der Waals surface area contributed by atoms with Crippen molar-refractivity contribution >= 4 is 24.5 Å². The van der Waals surface area contributed by atoms with Crippen LogP contribution in [0.1, 0.15) is 32.1 Å². The van der Waals surface area contributed by atoms with Crippen molar-refractivity contribution in [2.75, 3.05) is 18.8 Å². The molecular formula is C11H19NO3S. The first-order chi connectivity index (χ1) is 7.65. The van der Waals surface area contributed by atoms with E-state index in [2.05, 4.69) is 12.6 Å². The van der Waals surface area contributed by atoms with Gasteiger partial charge < -0.3 is 10.0 Å². The molecule has 1 unspecified atom stereocenters. The Morgan fingerprint density at radius 3 is 2.81 bits per heavy atom. The van der Waals surface area contributed by atoms with Gasteiger partial charge in [-0.1, -0.05) is 12.8 Å². The molecule has 0 bridgehead atoms. The fraction of sp³-hybridized carbons (Fsp3) is 0.818. The van der Waals surface area contributed by atoms with Gasteiger partial charge in [-0.2, -0.15) is 12.6 Å². The van der Waals surface area contributed by atoms with Crippen LogP contribution in [0.2, 0.25) is 0 Å². The number of amides is 1. The number of aliphatic carboxylic acids is 1. The lowest BCUT2D eigenvalue weighted by atomic mass is 9.98. The SMILES string of the molecule is O=C(O)CCN1CCCCCC(CS)C1=O. The van der Waals surface area contributed by atoms with Crippen molar-refractivity contribution in [1.29, 1.82) is 0 Å². The van der Waals surface area contributed by atoms with Gasteiger partial charge in [0.25, 0.3) is 0 Å². The summed E-state index contributed by atoms with van der Waals surface area (Å²) in [5.41, 5.74) is 0. The van der Waals surface area contributed by atoms with Gasteiger partial charge in [-0.3, -0.25) is 9.59 Å². The molecular weight excluding hydrogens is 226 g/mol. The Morgan fingerprint density at radius 2 is 2.19 bits per heavy atom. The van der Waals surface area contributed by atoms with Gasteiger partial charge in [-0.25, -0.2) is 0 Å². The minimum absolute atomic E-state index is 0.0302. The summed E-state index contributed by atoms with van der Waals surface area (Å²) in [6, 6.07) is 0. The van der Waals surface area contributed by atoms with Crippen molar-refractivity contribution in [2.24, 2.45) is 5.92 Å². The van der Waals surface area contributed by atoms with Crippen LogP contribution in [0.25, 0.3) is 0 Å². The van der Waals surface area contributed by atoms with Crippen LogP contribution >= 0.6 is 12.6 Å². The Hall–Kier alpha value is -0.710. The highest BCUT2D eigenvalue weighted by Gasteiger charge is 2.24. The van der Waals surface area contributed by atoms with Gasteiger partial charge in [0.05, 0.1) is 6.42 Å². The van der Waals surface area contributed by atoms with Gasteiger partial charge in [0.1, 0.15) is 0 Å². The minimum Gasteiger partial charge on any atom is -0.481 e. The quantitative estimate of drug-likeness (QED) is 0.736. The number of likely N-dealkylation sites (tertiary alicyclic amines) is 1. The van der Waals surface area contributed by atoms with E-state index >= 15 is 0 Å². The van der Waals surface area contributed by atoms with Crippen LogP contribution < -0.4 is 0 Å². The Kier molecular flexibility index (Phi) is 5.66. The van der Waals surface area contributed by atoms with Gasteiger partial charge in [0, 0.05) is 24.8 Å². The summed E-state index contributed by atoms with van der Waals surface area (Å²) in [6.07, 6.45) is 4.08. The molecule has 0 aromatic heterocycles. The molecule has 0 aromatic carbocycles. The van der Waals surface area contributed by atoms with Crippen LogP contribution in [0, 0.1) is 5.92 Å². The van der Waals surface area contributed by atoms with Gasteiger partial charge >= 0.3 is 5.97 Å². The highest BCUT2D eigenvalue weighted by atomic mass is 32.1. The summed E-state index contributed by atoms with van der Waals surface area (Å²) in [5.74, 6) is -0.242. The Balaban J connectivity index is 2.55. The molecule has 1 rings (SSSR count). The monoisotopic (exact) mass is 245 g/mol. The van der Waals surface area contributed by atoms with Crippen molar-refractivity contribution in [1.82, 2.24) is 4.90 Å². The number of nitrogens with zero attached hydrogens (tertiary/aromatic N) is 1. The molecule has 1 aliphatic heterocycles. The van der Waals surface area contributed by atoms with E-state index in [1.54, 1.807) is 4.90 Å². The Bertz CT molecular complexity index is 258. The van der Waals surface area contributed by atoms with E-state index < -0.39 is 5.97 Å². The van der Waals surface area contributed by atoms with Gasteiger partial charge in [0.15, 0.2) is 0 Å². The van der Waals surface area contributed by atoms with Crippen molar-refractivity contribution < 1.29 is 14.7 Å². The number of carbonyl (C=O) groups is 2. The van der Waals surface area contributed by atoms with E-state index in [0.29, 0.717) is 18.8 Å². The average Bonchev–Trinajstić information content (AvgIpc) is 2.23. The lowest BCUT2D eigenvalue weighted by molar-refractivity contribution is -0.139. The van der Waals surface area contributed by atoms with Crippen molar-refractivity contribution in [2.45, 2.75) is 32.1 Å². The number of carbonyl (C=O) groups excluding carboxylic acids is 1. The normalized spacial score (nSPS) is 22.7. The summed E-state index contributed by atoms with van der Waals surface area (Å²) in [4.78, 5) is 24.2. The first-order valence-electron chi connectivity index (χ1n) is 5.76. The maximum absolute atomic E-state index is 12.0. The number of hydrogen-bond donors (Lipinski definition) is 2. The third-order valence-electron chi connectivity index (χ3n) is 2.96. The first kappa shape index (κ1) is 13.4. The number of carboxylic acid groups (broad SMARTS) is 1. The molecule has 1 amide bonds. The smallest absolute Gasteiger partial charge is 0.305 e. The molecule has 0 aromatic rings. The van der Waals surface area contributed by atoms with E-state index in [-0.39, 0.29) is 18.2 Å². The van der Waals surface area contributed by atoms with E-state index in [4.69, 9.17) is 5.11 Å². The Labute approximate surface area is 101 Å². The second-order valence-corrected chi connectivity index (χ2v) is 4.56. The van der Waals surface area contributed by atoms with Crippen molar-refractivity contribution in [3.63, 3.8) is 0 Å². The van der Waals surface area contributed by atoms with E-state index in [1.165, 1.54) is 0 Å². The topological polar surface area (TPSA) is 57.6 Å². The third kappa shape index (κ3) is 4.04. The molecule has 0 spiro atoms. The lowest BCUT2D eigenvalue weighted by Crippen LogP contribution is -2.40. The number of rotatable bonds is 4. The molecule has 1 saturated heterocycles. The van der Waals surface area contributed by atoms with Crippen molar-refractivity contribution in [3.05, 3.63) is 0 Å². The van der Waals surface area contributed by atoms with E-state index in [9.17, 15) is 9.59 Å². The zero-order valence-electron chi connectivity index (χ0n) is 9.39. The molecule has 0 aliphatic carbocycles. The Morgan fingerprint density at radius 1 is 1.44 bits per heavy atom. The second-order valence-electron chi connectivity index (χ2n) is 4.20. The van der Waals surface area contributed by atoms with Crippen molar-refractivity contribution in [3.8, 4) is 0 Å². The lowest BCUT2D eigenvalue weighted by Gasteiger charge is -2.28. The number of thiol groups is 1. The van der Waals surface area contributed by atoms with E-state index in [1.807, 2.05) is 0 Å². The summed E-state index contributed by atoms with van der Waals surface area (Å²) in [6.45, 7) is 1.02. The summed E-state index contributed by atoms with van der Waals surface area (Å²) < 4.78 is 0. The molecule has 4 nitrogen and oxygen atoms in total. The molecule has 1 aliphatic rings. The molecule has 1 fully saturated rings. The molecule has 1 N–H and O–H groups in total. The molecule has 1 heterocycles. The number of hydrogen-bond acceptors (Lipinski definition) is 3. The molecule has 92 valence electrons. The van der Waals surface area contributed by atoms with Crippen LogP contribution in [-0.4, -0.2) is 40.7 Å². The fourth-order valence-corrected chi connectivity index (χ4v) is 2.32. The standard InChI is InChI=1S/C11H19NO3S/c13-10(14)5-7-12-6-3-1-2-4-9(8-16)11(12)15/h9,16H,1-8H2,(H,13,14). The highest BCUT2D eigenvalue weighted by Crippen LogP contribution is 2.18. The van der Waals surface area contributed by atoms with Crippen LogP contribution in [0.5, 0.6) is 0 Å². The van der Waals surface area contributed by atoms with E-state index in [0.717, 1.165) is 25.7 Å². The summed E-state index contributed by atoms with van der Waals surface area (Å²) in [5, 5.41) is 8.63. The van der Waals surface area contributed by atoms with Crippen LogP contribution in [-0.2, 0) is 9.59 Å². The first-order valence-corrected chi connectivity index (χ1v) is 6.40. The maximum Gasteiger partial charge on any atom is 0.305 e. The second kappa shape index (κ2) is 6.78. The zero-order valence-corrected chi connectivity index (χ0v) is 10.3. The highest BCUT2D eigenvalue weighted by molar-refractivity contribution is 7.80. The largest absolute Gasteiger partial charge is 0.481 e. The summed E-state index contributed by atoms with van der Waals surface area (Å²) in [7, 11) is 0. The van der Waals surface area contributed by atoms with Gasteiger partial charge in [-0.05, 0) is 12.8 Å². The fourth-order valence-electron chi connectivity index (χ4n) is 1.98. The molecule has 1 atom stereocenters. The minimum atomic E-state index is -0.850. The summed E-state index contributed by atoms with van der Waals surface area (Å²) >= 11 is 4.19.